The SMILES string of the molecule is CN(Cc1nccn1C)c1ncc(-c2ccccc2)s1. The summed E-state index contributed by atoms with van der Waals surface area (Å²) in [7, 11) is 4.05. The predicted octanol–water partition coefficient (Wildman–Crippen LogP) is 3.18. The molecule has 3 aromatic rings. The molecule has 20 heavy (non-hydrogen) atoms. The van der Waals surface area contributed by atoms with Crippen LogP contribution in [0.5, 0.6) is 0 Å². The van der Waals surface area contributed by atoms with Crippen LogP contribution in [0.2, 0.25) is 0 Å². The highest BCUT2D eigenvalue weighted by atomic mass is 32.1. The Morgan fingerprint density at radius 3 is 2.70 bits per heavy atom. The minimum atomic E-state index is 0.755. The molecule has 0 unspecified atom stereocenters. The van der Waals surface area contributed by atoms with Crippen LogP contribution in [0.3, 0.4) is 0 Å². The van der Waals surface area contributed by atoms with Crippen molar-refractivity contribution < 1.29 is 0 Å². The Kier molecular flexibility index (Phi) is 3.52. The molecule has 0 aliphatic rings. The number of anilines is 1. The molecule has 0 saturated carbocycles. The molecule has 2 aromatic heterocycles. The van der Waals surface area contributed by atoms with Crippen molar-refractivity contribution in [2.75, 3.05) is 11.9 Å². The van der Waals surface area contributed by atoms with Gasteiger partial charge in [0.25, 0.3) is 0 Å². The van der Waals surface area contributed by atoms with Crippen LogP contribution in [0, 0.1) is 0 Å². The highest BCUT2D eigenvalue weighted by molar-refractivity contribution is 7.18. The van der Waals surface area contributed by atoms with E-state index < -0.39 is 0 Å². The Labute approximate surface area is 122 Å². The zero-order valence-electron chi connectivity index (χ0n) is 11.5. The molecule has 1 aromatic carbocycles. The molecule has 3 rings (SSSR count). The zero-order valence-corrected chi connectivity index (χ0v) is 12.3. The smallest absolute Gasteiger partial charge is 0.185 e. The third-order valence-corrected chi connectivity index (χ3v) is 4.34. The Morgan fingerprint density at radius 1 is 1.20 bits per heavy atom. The Balaban J connectivity index is 1.78. The van der Waals surface area contributed by atoms with Crippen LogP contribution in [0.4, 0.5) is 5.13 Å². The lowest BCUT2D eigenvalue weighted by Gasteiger charge is -2.14. The summed E-state index contributed by atoms with van der Waals surface area (Å²) in [5.74, 6) is 1.03. The molecule has 5 heteroatoms. The van der Waals surface area contributed by atoms with E-state index in [1.807, 2.05) is 55.5 Å². The monoisotopic (exact) mass is 284 g/mol. The fourth-order valence-electron chi connectivity index (χ4n) is 2.01. The van der Waals surface area contributed by atoms with E-state index in [1.54, 1.807) is 11.3 Å². The van der Waals surface area contributed by atoms with E-state index in [9.17, 15) is 0 Å². The van der Waals surface area contributed by atoms with Gasteiger partial charge in [-0.3, -0.25) is 0 Å². The maximum absolute atomic E-state index is 4.51. The van der Waals surface area contributed by atoms with Crippen molar-refractivity contribution in [2.45, 2.75) is 6.54 Å². The number of rotatable bonds is 4. The van der Waals surface area contributed by atoms with Crippen LogP contribution in [-0.4, -0.2) is 21.6 Å². The molecule has 0 amide bonds. The van der Waals surface area contributed by atoms with Crippen LogP contribution in [0.1, 0.15) is 5.82 Å². The zero-order chi connectivity index (χ0) is 13.9. The molecule has 0 radical (unpaired) electrons. The fourth-order valence-corrected chi connectivity index (χ4v) is 2.89. The predicted molar refractivity (Wildman–Crippen MR) is 82.9 cm³/mol. The van der Waals surface area contributed by atoms with Crippen molar-refractivity contribution in [2.24, 2.45) is 7.05 Å². The van der Waals surface area contributed by atoms with Gasteiger partial charge in [0.05, 0.1) is 11.4 Å². The van der Waals surface area contributed by atoms with Crippen molar-refractivity contribution >= 4 is 16.5 Å². The Hall–Kier alpha value is -2.14. The first-order valence-electron chi connectivity index (χ1n) is 6.42. The van der Waals surface area contributed by atoms with E-state index in [0.717, 1.165) is 17.5 Å². The van der Waals surface area contributed by atoms with Gasteiger partial charge in [0.15, 0.2) is 5.13 Å². The quantitative estimate of drug-likeness (QED) is 0.738. The lowest BCUT2D eigenvalue weighted by Crippen LogP contribution is -2.18. The maximum Gasteiger partial charge on any atom is 0.185 e. The number of benzene rings is 1. The maximum atomic E-state index is 4.51. The Bertz CT molecular complexity index is 687. The summed E-state index contributed by atoms with van der Waals surface area (Å²) < 4.78 is 2.03. The molecule has 0 atom stereocenters. The molecular formula is C15H16N4S. The van der Waals surface area contributed by atoms with Gasteiger partial charge in [-0.15, -0.1) is 0 Å². The van der Waals surface area contributed by atoms with E-state index in [-0.39, 0.29) is 0 Å². The van der Waals surface area contributed by atoms with Gasteiger partial charge in [0, 0.05) is 32.7 Å². The van der Waals surface area contributed by atoms with E-state index in [4.69, 9.17) is 0 Å². The highest BCUT2D eigenvalue weighted by Crippen LogP contribution is 2.30. The molecule has 2 heterocycles. The number of thiazole rings is 1. The first-order chi connectivity index (χ1) is 9.74. The van der Waals surface area contributed by atoms with Gasteiger partial charge in [-0.2, -0.15) is 0 Å². The lowest BCUT2D eigenvalue weighted by molar-refractivity contribution is 0.760. The van der Waals surface area contributed by atoms with Crippen molar-refractivity contribution in [1.82, 2.24) is 14.5 Å². The largest absolute Gasteiger partial charge is 0.344 e. The first-order valence-corrected chi connectivity index (χ1v) is 7.24. The van der Waals surface area contributed by atoms with Crippen molar-refractivity contribution in [3.05, 3.63) is 54.7 Å². The summed E-state index contributed by atoms with van der Waals surface area (Å²) in [6.45, 7) is 0.755. The van der Waals surface area contributed by atoms with Crippen LogP contribution in [0.15, 0.2) is 48.9 Å². The second kappa shape index (κ2) is 5.46. The molecule has 0 N–H and O–H groups in total. The van der Waals surface area contributed by atoms with Crippen LogP contribution in [0.25, 0.3) is 10.4 Å². The van der Waals surface area contributed by atoms with Gasteiger partial charge >= 0.3 is 0 Å². The third kappa shape index (κ3) is 2.58. The number of imidazole rings is 1. The lowest BCUT2D eigenvalue weighted by atomic mass is 10.2. The van der Waals surface area contributed by atoms with Gasteiger partial charge < -0.3 is 9.47 Å². The van der Waals surface area contributed by atoms with Crippen molar-refractivity contribution in [3.63, 3.8) is 0 Å². The van der Waals surface area contributed by atoms with Gasteiger partial charge in [0.2, 0.25) is 0 Å². The molecule has 0 saturated heterocycles. The highest BCUT2D eigenvalue weighted by Gasteiger charge is 2.10. The average molecular weight is 284 g/mol. The molecule has 0 spiro atoms. The summed E-state index contributed by atoms with van der Waals surface area (Å²) in [5.41, 5.74) is 1.21. The average Bonchev–Trinajstić information content (AvgIpc) is 3.10. The molecule has 0 bridgehead atoms. The van der Waals surface area contributed by atoms with E-state index >= 15 is 0 Å². The summed E-state index contributed by atoms with van der Waals surface area (Å²) in [6, 6.07) is 10.3. The summed E-state index contributed by atoms with van der Waals surface area (Å²) in [6.07, 6.45) is 5.71. The summed E-state index contributed by atoms with van der Waals surface area (Å²) in [4.78, 5) is 12.2. The number of aryl methyl sites for hydroxylation is 1. The Morgan fingerprint density at radius 2 is 2.00 bits per heavy atom. The third-order valence-electron chi connectivity index (χ3n) is 3.18. The topological polar surface area (TPSA) is 34.0 Å². The molecule has 0 fully saturated rings. The van der Waals surface area contributed by atoms with E-state index in [1.165, 1.54) is 10.4 Å². The normalized spacial score (nSPS) is 10.7. The summed E-state index contributed by atoms with van der Waals surface area (Å²) >= 11 is 1.70. The van der Waals surface area contributed by atoms with Crippen LogP contribution >= 0.6 is 11.3 Å². The second-order valence-electron chi connectivity index (χ2n) is 4.68. The number of nitrogens with zero attached hydrogens (tertiary/aromatic N) is 4. The minimum absolute atomic E-state index is 0.755. The van der Waals surface area contributed by atoms with Crippen LogP contribution < -0.4 is 4.90 Å². The molecule has 0 aliphatic heterocycles. The van der Waals surface area contributed by atoms with Gasteiger partial charge in [-0.05, 0) is 5.56 Å². The van der Waals surface area contributed by atoms with Crippen LogP contribution in [-0.2, 0) is 13.6 Å². The second-order valence-corrected chi connectivity index (χ2v) is 5.69. The van der Waals surface area contributed by atoms with Crippen molar-refractivity contribution in [3.8, 4) is 10.4 Å². The molecular weight excluding hydrogens is 268 g/mol. The molecule has 0 aliphatic carbocycles. The molecule has 102 valence electrons. The number of hydrogen-bond acceptors (Lipinski definition) is 4. The fraction of sp³-hybridized carbons (Fsp3) is 0.200. The van der Waals surface area contributed by atoms with Gasteiger partial charge in [-0.1, -0.05) is 41.7 Å². The van der Waals surface area contributed by atoms with Gasteiger partial charge in [0.1, 0.15) is 5.82 Å². The van der Waals surface area contributed by atoms with E-state index in [2.05, 4.69) is 27.0 Å². The minimum Gasteiger partial charge on any atom is -0.344 e. The summed E-state index contributed by atoms with van der Waals surface area (Å²) in [5, 5.41) is 1.01. The van der Waals surface area contributed by atoms with Gasteiger partial charge in [-0.25, -0.2) is 9.97 Å². The first kappa shape index (κ1) is 12.9. The van der Waals surface area contributed by atoms with E-state index in [0.29, 0.717) is 0 Å². The molecule has 4 nitrogen and oxygen atoms in total. The van der Waals surface area contributed by atoms with Crippen molar-refractivity contribution in [1.29, 1.82) is 0 Å². The standard InChI is InChI=1S/C15H16N4S/c1-18-9-8-16-14(18)11-19(2)15-17-10-13(20-15)12-6-4-3-5-7-12/h3-10H,11H2,1-2H3. The number of aromatic nitrogens is 3. The number of hydrogen-bond donors (Lipinski definition) is 0.